The lowest BCUT2D eigenvalue weighted by Gasteiger charge is -2.36. The van der Waals surface area contributed by atoms with Crippen molar-refractivity contribution in [2.45, 2.75) is 25.4 Å². The largest absolute Gasteiger partial charge is 0.492 e. The van der Waals surface area contributed by atoms with Crippen LogP contribution in [0.2, 0.25) is 0 Å². The molecule has 7 nitrogen and oxygen atoms in total. The van der Waals surface area contributed by atoms with Crippen LogP contribution in [0.5, 0.6) is 5.75 Å². The van der Waals surface area contributed by atoms with Gasteiger partial charge in [0.25, 0.3) is 0 Å². The summed E-state index contributed by atoms with van der Waals surface area (Å²) in [6, 6.07) is 7.01. The summed E-state index contributed by atoms with van der Waals surface area (Å²) in [5, 5.41) is 4.24. The van der Waals surface area contributed by atoms with Gasteiger partial charge in [0.05, 0.1) is 23.7 Å². The maximum absolute atomic E-state index is 13.3. The summed E-state index contributed by atoms with van der Waals surface area (Å²) in [6.07, 6.45) is 3.49. The molecule has 0 aliphatic carbocycles. The van der Waals surface area contributed by atoms with E-state index in [9.17, 15) is 13.2 Å². The van der Waals surface area contributed by atoms with Crippen LogP contribution in [-0.4, -0.2) is 53.7 Å². The smallest absolute Gasteiger partial charge is 0.234 e. The number of nitrogens with zero attached hydrogens (tertiary/aromatic N) is 3. The summed E-state index contributed by atoms with van der Waals surface area (Å²) < 4.78 is 31.8. The molecule has 2 atom stereocenters. The van der Waals surface area contributed by atoms with Gasteiger partial charge in [0, 0.05) is 30.4 Å². The summed E-state index contributed by atoms with van der Waals surface area (Å²) in [4.78, 5) is 14.9. The molecule has 1 fully saturated rings. The minimum atomic E-state index is -3.19. The molecule has 2 aliphatic heterocycles. The molecule has 0 bridgehead atoms. The highest BCUT2D eigenvalue weighted by atomic mass is 32.2. The first-order valence-electron chi connectivity index (χ1n) is 8.73. The number of carbonyl (C=O) groups is 1. The second kappa shape index (κ2) is 6.42. The number of sulfone groups is 1. The fraction of sp³-hybridized carbons (Fsp3) is 0.444. The van der Waals surface area contributed by atoms with Crippen LogP contribution in [-0.2, 0) is 21.2 Å². The topological polar surface area (TPSA) is 81.5 Å². The Bertz CT molecular complexity index is 937. The first kappa shape index (κ1) is 17.1. The quantitative estimate of drug-likeness (QED) is 0.809. The van der Waals surface area contributed by atoms with Crippen LogP contribution in [0.25, 0.3) is 0 Å². The third-order valence-electron chi connectivity index (χ3n) is 5.07. The van der Waals surface area contributed by atoms with E-state index in [0.717, 1.165) is 16.9 Å². The number of rotatable bonds is 3. The van der Waals surface area contributed by atoms with Crippen LogP contribution < -0.4 is 4.74 Å². The molecule has 0 spiro atoms. The Morgan fingerprint density at radius 1 is 1.35 bits per heavy atom. The predicted molar refractivity (Wildman–Crippen MR) is 95.7 cm³/mol. The first-order valence-corrected chi connectivity index (χ1v) is 10.6. The Labute approximate surface area is 152 Å². The van der Waals surface area contributed by atoms with E-state index < -0.39 is 21.8 Å². The molecule has 3 heterocycles. The molecule has 1 aromatic carbocycles. The van der Waals surface area contributed by atoms with Crippen molar-refractivity contribution in [3.63, 3.8) is 0 Å². The van der Waals surface area contributed by atoms with Crippen LogP contribution in [0.1, 0.15) is 30.0 Å². The Morgan fingerprint density at radius 3 is 2.92 bits per heavy atom. The summed E-state index contributed by atoms with van der Waals surface area (Å²) >= 11 is 0. The van der Waals surface area contributed by atoms with Gasteiger partial charge in [0.2, 0.25) is 5.91 Å². The first-order chi connectivity index (χ1) is 12.5. The van der Waals surface area contributed by atoms with Crippen molar-refractivity contribution in [3.8, 4) is 5.75 Å². The molecular formula is C18H21N3O4S. The van der Waals surface area contributed by atoms with Crippen molar-refractivity contribution < 1.29 is 17.9 Å². The number of aromatic nitrogens is 2. The van der Waals surface area contributed by atoms with E-state index in [1.807, 2.05) is 37.4 Å². The van der Waals surface area contributed by atoms with Crippen molar-refractivity contribution in [1.29, 1.82) is 0 Å². The zero-order chi connectivity index (χ0) is 18.3. The highest BCUT2D eigenvalue weighted by molar-refractivity contribution is 7.91. The summed E-state index contributed by atoms with van der Waals surface area (Å²) in [5.41, 5.74) is 1.63. The highest BCUT2D eigenvalue weighted by Crippen LogP contribution is 2.37. The standard InChI is InChI=1S/C18H21N3O4S/c1-2-20-10-13(9-19-20)16-12-26(23,24)8-7-21(16)18(22)15-11-25-17-6-4-3-5-14(15)17/h3-6,9-10,15-16H,2,7-8,11-12H2,1H3/t15-,16-/m0/s1. The van der Waals surface area contributed by atoms with Crippen LogP contribution in [0.4, 0.5) is 0 Å². The molecule has 26 heavy (non-hydrogen) atoms. The molecule has 1 amide bonds. The van der Waals surface area contributed by atoms with Gasteiger partial charge in [0.15, 0.2) is 9.84 Å². The van der Waals surface area contributed by atoms with Gasteiger partial charge in [-0.25, -0.2) is 8.42 Å². The number of amides is 1. The molecule has 0 radical (unpaired) electrons. The van der Waals surface area contributed by atoms with E-state index in [0.29, 0.717) is 13.2 Å². The highest BCUT2D eigenvalue weighted by Gasteiger charge is 2.41. The number of benzene rings is 1. The third kappa shape index (κ3) is 2.98. The van der Waals surface area contributed by atoms with E-state index in [1.54, 1.807) is 15.8 Å². The number of ether oxygens (including phenoxy) is 1. The second-order valence-electron chi connectivity index (χ2n) is 6.69. The average Bonchev–Trinajstić information content (AvgIpc) is 3.27. The molecule has 0 unspecified atom stereocenters. The normalized spacial score (nSPS) is 24.1. The monoisotopic (exact) mass is 375 g/mol. The maximum atomic E-state index is 13.3. The van der Waals surface area contributed by atoms with Crippen LogP contribution in [0.3, 0.4) is 0 Å². The molecule has 1 aromatic heterocycles. The zero-order valence-electron chi connectivity index (χ0n) is 14.5. The Hall–Kier alpha value is -2.35. The van der Waals surface area contributed by atoms with Gasteiger partial charge in [-0.15, -0.1) is 0 Å². The molecule has 2 aromatic rings. The lowest BCUT2D eigenvalue weighted by Crippen LogP contribution is -2.48. The lowest BCUT2D eigenvalue weighted by molar-refractivity contribution is -0.135. The molecular weight excluding hydrogens is 354 g/mol. The van der Waals surface area contributed by atoms with E-state index >= 15 is 0 Å². The van der Waals surface area contributed by atoms with Gasteiger partial charge in [-0.2, -0.15) is 5.10 Å². The summed E-state index contributed by atoms with van der Waals surface area (Å²) in [6.45, 7) is 3.14. The second-order valence-corrected chi connectivity index (χ2v) is 8.92. The van der Waals surface area contributed by atoms with Crippen molar-refractivity contribution in [1.82, 2.24) is 14.7 Å². The van der Waals surface area contributed by atoms with Crippen LogP contribution >= 0.6 is 0 Å². The minimum absolute atomic E-state index is 0.00756. The van der Waals surface area contributed by atoms with E-state index in [1.165, 1.54) is 0 Å². The maximum Gasteiger partial charge on any atom is 0.234 e. The molecule has 138 valence electrons. The number of carbonyl (C=O) groups excluding carboxylic acids is 1. The Kier molecular flexibility index (Phi) is 4.22. The fourth-order valence-corrected chi connectivity index (χ4v) is 5.13. The summed E-state index contributed by atoms with van der Waals surface area (Å²) in [5.74, 6) is 0.177. The van der Waals surface area contributed by atoms with Crippen LogP contribution in [0.15, 0.2) is 36.7 Å². The predicted octanol–water partition coefficient (Wildman–Crippen LogP) is 1.38. The SMILES string of the molecule is CCn1cc([C@@H]2CS(=O)(=O)CCN2C(=O)[C@H]2COc3ccccc32)cn1. The van der Waals surface area contributed by atoms with Crippen molar-refractivity contribution >= 4 is 15.7 Å². The average molecular weight is 375 g/mol. The van der Waals surface area contributed by atoms with Gasteiger partial charge < -0.3 is 9.64 Å². The minimum Gasteiger partial charge on any atom is -0.492 e. The number of hydrogen-bond acceptors (Lipinski definition) is 5. The molecule has 1 saturated heterocycles. The van der Waals surface area contributed by atoms with Crippen LogP contribution in [0, 0.1) is 0 Å². The summed E-state index contributed by atoms with van der Waals surface area (Å²) in [7, 11) is -3.19. The van der Waals surface area contributed by atoms with Crippen molar-refractivity contribution in [3.05, 3.63) is 47.8 Å². The molecule has 4 rings (SSSR count). The fourth-order valence-electron chi connectivity index (χ4n) is 3.64. The molecule has 2 aliphatic rings. The van der Waals surface area contributed by atoms with Gasteiger partial charge >= 0.3 is 0 Å². The number of aryl methyl sites for hydroxylation is 1. The lowest BCUT2D eigenvalue weighted by atomic mass is 9.98. The van der Waals surface area contributed by atoms with Gasteiger partial charge in [-0.1, -0.05) is 18.2 Å². The van der Waals surface area contributed by atoms with Gasteiger partial charge in [-0.3, -0.25) is 9.48 Å². The van der Waals surface area contributed by atoms with Crippen molar-refractivity contribution in [2.24, 2.45) is 0 Å². The van der Waals surface area contributed by atoms with Crippen molar-refractivity contribution in [2.75, 3.05) is 24.7 Å². The Balaban J connectivity index is 1.66. The number of para-hydroxylation sites is 1. The Morgan fingerprint density at radius 2 is 2.15 bits per heavy atom. The molecule has 0 saturated carbocycles. The van der Waals surface area contributed by atoms with E-state index in [2.05, 4.69) is 5.10 Å². The number of hydrogen-bond donors (Lipinski definition) is 0. The van der Waals surface area contributed by atoms with Gasteiger partial charge in [0.1, 0.15) is 18.3 Å². The van der Waals surface area contributed by atoms with Gasteiger partial charge in [-0.05, 0) is 13.0 Å². The molecule has 0 N–H and O–H groups in total. The third-order valence-corrected chi connectivity index (χ3v) is 6.70. The van der Waals surface area contributed by atoms with E-state index in [-0.39, 0.29) is 24.0 Å². The molecule has 8 heteroatoms. The van der Waals surface area contributed by atoms with E-state index in [4.69, 9.17) is 4.74 Å². The number of fused-ring (bicyclic) bond motifs is 1. The zero-order valence-corrected chi connectivity index (χ0v) is 15.4.